The van der Waals surface area contributed by atoms with Gasteiger partial charge in [0.1, 0.15) is 21.8 Å². The molecule has 1 saturated heterocycles. The average molecular weight is 464 g/mol. The zero-order chi connectivity index (χ0) is 21.1. The molecule has 10 heteroatoms. The first kappa shape index (κ1) is 21.0. The lowest BCUT2D eigenvalue weighted by molar-refractivity contribution is -0.124. The summed E-state index contributed by atoms with van der Waals surface area (Å²) in [5.41, 5.74) is 1.69. The number of benzene rings is 2. The van der Waals surface area contributed by atoms with Gasteiger partial charge >= 0.3 is 0 Å². The molecule has 1 amide bonds. The number of aromatic nitrogens is 1. The van der Waals surface area contributed by atoms with E-state index in [1.54, 1.807) is 0 Å². The Morgan fingerprint density at radius 2 is 1.90 bits per heavy atom. The van der Waals surface area contributed by atoms with E-state index in [9.17, 15) is 17.6 Å². The minimum Gasteiger partial charge on any atom is -0.349 e. The predicted molar refractivity (Wildman–Crippen MR) is 116 cm³/mol. The number of nitrogens with one attached hydrogen (secondary N) is 1. The van der Waals surface area contributed by atoms with Crippen molar-refractivity contribution in [2.45, 2.75) is 17.5 Å². The van der Waals surface area contributed by atoms with E-state index >= 15 is 0 Å². The van der Waals surface area contributed by atoms with E-state index < -0.39 is 32.7 Å². The van der Waals surface area contributed by atoms with Gasteiger partial charge in [-0.2, -0.15) is 4.31 Å². The average Bonchev–Trinajstić information content (AvgIpc) is 3.43. The summed E-state index contributed by atoms with van der Waals surface area (Å²) in [6.45, 7) is 0.191. The molecule has 1 aromatic heterocycles. The fourth-order valence-corrected chi connectivity index (χ4v) is 7.09. The van der Waals surface area contributed by atoms with Crippen LogP contribution in [0.4, 0.5) is 4.39 Å². The number of carbonyl (C=O) groups excluding carboxylic acids is 1. The number of carbonyl (C=O) groups is 1. The summed E-state index contributed by atoms with van der Waals surface area (Å²) in [6, 6.07) is 14.0. The second-order valence-electron chi connectivity index (χ2n) is 6.57. The van der Waals surface area contributed by atoms with Gasteiger partial charge in [-0.25, -0.2) is 17.8 Å². The number of nitrogens with zero attached hydrogens (tertiary/aromatic N) is 2. The smallest absolute Gasteiger partial charge is 0.247 e. The third-order valence-corrected chi connectivity index (χ3v) is 8.59. The molecule has 1 aliphatic heterocycles. The van der Waals surface area contributed by atoms with Crippen LogP contribution >= 0.6 is 23.1 Å². The lowest BCUT2D eigenvalue weighted by atomic mass is 10.2. The molecule has 3 aromatic rings. The Morgan fingerprint density at radius 3 is 2.67 bits per heavy atom. The Balaban J connectivity index is 1.45. The number of thiazole rings is 1. The number of thioether (sulfide) groups is 1. The fraction of sp³-hybridized carbons (Fsp3) is 0.200. The summed E-state index contributed by atoms with van der Waals surface area (Å²) >= 11 is 2.79. The molecule has 0 aliphatic carbocycles. The molecular weight excluding hydrogens is 445 g/mol. The molecule has 2 heterocycles. The van der Waals surface area contributed by atoms with E-state index in [1.807, 2.05) is 35.7 Å². The maximum atomic E-state index is 14.1. The number of amides is 1. The van der Waals surface area contributed by atoms with Gasteiger partial charge in [0.2, 0.25) is 15.9 Å². The van der Waals surface area contributed by atoms with Crippen LogP contribution in [-0.2, 0) is 21.4 Å². The summed E-state index contributed by atoms with van der Waals surface area (Å²) in [7, 11) is -4.12. The molecule has 1 atom stereocenters. The van der Waals surface area contributed by atoms with Crippen molar-refractivity contribution in [2.24, 2.45) is 0 Å². The van der Waals surface area contributed by atoms with Gasteiger partial charge in [0.25, 0.3) is 0 Å². The Kier molecular flexibility index (Phi) is 6.19. The molecule has 4 rings (SSSR count). The van der Waals surface area contributed by atoms with Gasteiger partial charge in [0, 0.05) is 16.7 Å². The minimum atomic E-state index is -4.12. The number of hydrogen-bond donors (Lipinski definition) is 1. The number of hydrogen-bond acceptors (Lipinski definition) is 6. The fourth-order valence-electron chi connectivity index (χ4n) is 3.05. The van der Waals surface area contributed by atoms with Crippen molar-refractivity contribution in [1.82, 2.24) is 14.6 Å². The maximum absolute atomic E-state index is 14.1. The highest BCUT2D eigenvalue weighted by atomic mass is 32.2. The van der Waals surface area contributed by atoms with Crippen LogP contribution in [0.1, 0.15) is 5.69 Å². The molecule has 0 bridgehead atoms. The molecule has 6 nitrogen and oxygen atoms in total. The first-order valence-electron chi connectivity index (χ1n) is 9.08. The SMILES string of the molecule is O=C(NCc1csc(-c2ccccc2)n1)C1CSCN1S(=O)(=O)c1ccccc1F. The van der Waals surface area contributed by atoms with Crippen molar-refractivity contribution in [3.8, 4) is 10.6 Å². The number of halogens is 1. The molecule has 1 unspecified atom stereocenters. The van der Waals surface area contributed by atoms with E-state index in [1.165, 1.54) is 41.3 Å². The molecule has 2 aromatic carbocycles. The largest absolute Gasteiger partial charge is 0.349 e. The van der Waals surface area contributed by atoms with Gasteiger partial charge in [-0.15, -0.1) is 23.1 Å². The second kappa shape index (κ2) is 8.84. The Hall–Kier alpha value is -2.27. The van der Waals surface area contributed by atoms with Crippen LogP contribution < -0.4 is 5.32 Å². The van der Waals surface area contributed by atoms with E-state index in [0.29, 0.717) is 11.4 Å². The van der Waals surface area contributed by atoms with Gasteiger partial charge in [-0.1, -0.05) is 42.5 Å². The highest BCUT2D eigenvalue weighted by Gasteiger charge is 2.40. The van der Waals surface area contributed by atoms with E-state index in [4.69, 9.17) is 0 Å². The van der Waals surface area contributed by atoms with Crippen LogP contribution in [0.2, 0.25) is 0 Å². The van der Waals surface area contributed by atoms with Crippen molar-refractivity contribution in [1.29, 1.82) is 0 Å². The monoisotopic (exact) mass is 463 g/mol. The molecule has 1 aliphatic rings. The van der Waals surface area contributed by atoms with Crippen molar-refractivity contribution >= 4 is 39.0 Å². The molecule has 30 heavy (non-hydrogen) atoms. The summed E-state index contributed by atoms with van der Waals surface area (Å²) in [5, 5.41) is 5.47. The van der Waals surface area contributed by atoms with Crippen molar-refractivity contribution < 1.29 is 17.6 Å². The molecule has 0 spiro atoms. The number of sulfonamides is 1. The third kappa shape index (κ3) is 4.27. The van der Waals surface area contributed by atoms with Crippen LogP contribution in [0.25, 0.3) is 10.6 Å². The second-order valence-corrected chi connectivity index (χ2v) is 10.3. The summed E-state index contributed by atoms with van der Waals surface area (Å²) in [5.74, 6) is -0.839. The van der Waals surface area contributed by atoms with E-state index in [2.05, 4.69) is 10.3 Å². The van der Waals surface area contributed by atoms with Crippen molar-refractivity contribution in [2.75, 3.05) is 11.6 Å². The van der Waals surface area contributed by atoms with E-state index in [-0.39, 0.29) is 12.4 Å². The van der Waals surface area contributed by atoms with Gasteiger partial charge in [0.15, 0.2) is 0 Å². The lowest BCUT2D eigenvalue weighted by Crippen LogP contribution is -2.47. The lowest BCUT2D eigenvalue weighted by Gasteiger charge is -2.22. The molecule has 156 valence electrons. The molecule has 0 radical (unpaired) electrons. The van der Waals surface area contributed by atoms with Crippen molar-refractivity contribution in [3.63, 3.8) is 0 Å². The normalized spacial score (nSPS) is 17.2. The summed E-state index contributed by atoms with van der Waals surface area (Å²) < 4.78 is 40.9. The number of rotatable bonds is 6. The van der Waals surface area contributed by atoms with Crippen LogP contribution in [0.15, 0.2) is 64.9 Å². The Bertz CT molecular complexity index is 1150. The highest BCUT2D eigenvalue weighted by Crippen LogP contribution is 2.29. The molecule has 1 fully saturated rings. The van der Waals surface area contributed by atoms with Crippen LogP contribution in [-0.4, -0.2) is 41.3 Å². The molecular formula is C20H18FN3O3S3. The van der Waals surface area contributed by atoms with Crippen LogP contribution in [0, 0.1) is 5.82 Å². The predicted octanol–water partition coefficient (Wildman–Crippen LogP) is 3.33. The standard InChI is InChI=1S/C20H18FN3O3S3/c21-16-8-4-5-9-18(16)30(26,27)24-13-28-12-17(24)19(25)22-10-15-11-29-20(23-15)14-6-2-1-3-7-14/h1-9,11,17H,10,12-13H2,(H,22,25). The molecule has 0 saturated carbocycles. The van der Waals surface area contributed by atoms with Gasteiger partial charge in [-0.3, -0.25) is 4.79 Å². The summed E-state index contributed by atoms with van der Waals surface area (Å²) in [6.07, 6.45) is 0. The van der Waals surface area contributed by atoms with Crippen LogP contribution in [0.3, 0.4) is 0 Å². The van der Waals surface area contributed by atoms with Crippen LogP contribution in [0.5, 0.6) is 0 Å². The Labute approximate surface area is 182 Å². The topological polar surface area (TPSA) is 79.4 Å². The first-order chi connectivity index (χ1) is 14.5. The Morgan fingerprint density at radius 1 is 1.17 bits per heavy atom. The van der Waals surface area contributed by atoms with Gasteiger partial charge < -0.3 is 5.32 Å². The molecule has 1 N–H and O–H groups in total. The summed E-state index contributed by atoms with van der Waals surface area (Å²) in [4.78, 5) is 16.8. The quantitative estimate of drug-likeness (QED) is 0.607. The maximum Gasteiger partial charge on any atom is 0.247 e. The van der Waals surface area contributed by atoms with Gasteiger partial charge in [0.05, 0.1) is 18.1 Å². The first-order valence-corrected chi connectivity index (χ1v) is 12.6. The minimum absolute atomic E-state index is 0.101. The highest BCUT2D eigenvalue weighted by molar-refractivity contribution is 8.00. The zero-order valence-electron chi connectivity index (χ0n) is 15.7. The third-order valence-electron chi connectivity index (χ3n) is 4.58. The zero-order valence-corrected chi connectivity index (χ0v) is 18.1. The van der Waals surface area contributed by atoms with Crippen molar-refractivity contribution in [3.05, 3.63) is 71.5 Å². The van der Waals surface area contributed by atoms with E-state index in [0.717, 1.165) is 20.9 Å². The van der Waals surface area contributed by atoms with Gasteiger partial charge in [-0.05, 0) is 12.1 Å².